The SMILES string of the molecule is Cn1cc(CCCNC(=O)NCC(O)c2ccc(F)cc2)cn1. The molecule has 3 N–H and O–H groups in total. The van der Waals surface area contributed by atoms with Gasteiger partial charge in [-0.2, -0.15) is 5.10 Å². The van der Waals surface area contributed by atoms with Gasteiger partial charge in [0.05, 0.1) is 12.3 Å². The van der Waals surface area contributed by atoms with Crippen LogP contribution in [-0.4, -0.2) is 34.0 Å². The zero-order chi connectivity index (χ0) is 16.7. The molecule has 0 aliphatic heterocycles. The molecular formula is C16H21FN4O2. The molecule has 0 radical (unpaired) electrons. The fourth-order valence-corrected chi connectivity index (χ4v) is 2.15. The van der Waals surface area contributed by atoms with Crippen molar-refractivity contribution in [2.45, 2.75) is 18.9 Å². The van der Waals surface area contributed by atoms with Crippen LogP contribution >= 0.6 is 0 Å². The van der Waals surface area contributed by atoms with Crippen LogP contribution in [0.25, 0.3) is 0 Å². The highest BCUT2D eigenvalue weighted by Crippen LogP contribution is 2.12. The number of aliphatic hydroxyl groups is 1. The molecular weight excluding hydrogens is 299 g/mol. The topological polar surface area (TPSA) is 79.2 Å². The van der Waals surface area contributed by atoms with Gasteiger partial charge in [0.2, 0.25) is 0 Å². The summed E-state index contributed by atoms with van der Waals surface area (Å²) in [5.41, 5.74) is 1.68. The molecule has 0 bridgehead atoms. The van der Waals surface area contributed by atoms with Crippen LogP contribution in [-0.2, 0) is 13.5 Å². The minimum absolute atomic E-state index is 0.0695. The number of amides is 2. The standard InChI is InChI=1S/C16H21FN4O2/c1-21-11-12(9-20-21)3-2-8-18-16(23)19-10-15(22)13-4-6-14(17)7-5-13/h4-7,9,11,15,22H,2-3,8,10H2,1H3,(H2,18,19,23). The van der Waals surface area contributed by atoms with E-state index in [9.17, 15) is 14.3 Å². The molecule has 1 atom stereocenters. The molecule has 1 unspecified atom stereocenters. The molecule has 7 heteroatoms. The molecule has 1 heterocycles. The van der Waals surface area contributed by atoms with Crippen molar-refractivity contribution in [2.75, 3.05) is 13.1 Å². The van der Waals surface area contributed by atoms with Gasteiger partial charge in [0, 0.05) is 26.3 Å². The molecule has 23 heavy (non-hydrogen) atoms. The number of halogens is 1. The second-order valence-corrected chi connectivity index (χ2v) is 5.33. The summed E-state index contributed by atoms with van der Waals surface area (Å²) in [6, 6.07) is 5.20. The number of hydrogen-bond acceptors (Lipinski definition) is 3. The summed E-state index contributed by atoms with van der Waals surface area (Å²) in [5, 5.41) is 19.3. The van der Waals surface area contributed by atoms with E-state index in [4.69, 9.17) is 0 Å². The molecule has 2 aromatic rings. The molecule has 2 rings (SSSR count). The van der Waals surface area contributed by atoms with E-state index in [1.54, 1.807) is 10.9 Å². The second kappa shape index (κ2) is 8.28. The highest BCUT2D eigenvalue weighted by Gasteiger charge is 2.09. The van der Waals surface area contributed by atoms with Crippen molar-refractivity contribution in [2.24, 2.45) is 7.05 Å². The number of carbonyl (C=O) groups excluding carboxylic acids is 1. The third-order valence-corrected chi connectivity index (χ3v) is 3.40. The van der Waals surface area contributed by atoms with Crippen LogP contribution in [0.15, 0.2) is 36.7 Å². The molecule has 0 aliphatic carbocycles. The summed E-state index contributed by atoms with van der Waals surface area (Å²) in [4.78, 5) is 11.6. The molecule has 0 aliphatic rings. The highest BCUT2D eigenvalue weighted by atomic mass is 19.1. The Kier molecular flexibility index (Phi) is 6.10. The van der Waals surface area contributed by atoms with Gasteiger partial charge in [0.1, 0.15) is 5.82 Å². The Labute approximate surface area is 134 Å². The van der Waals surface area contributed by atoms with Gasteiger partial charge in [0.25, 0.3) is 0 Å². The lowest BCUT2D eigenvalue weighted by Gasteiger charge is -2.13. The van der Waals surface area contributed by atoms with E-state index in [0.29, 0.717) is 12.1 Å². The summed E-state index contributed by atoms with van der Waals surface area (Å²) in [7, 11) is 1.86. The minimum atomic E-state index is -0.864. The third kappa shape index (κ3) is 5.71. The van der Waals surface area contributed by atoms with Crippen molar-refractivity contribution in [1.29, 1.82) is 0 Å². The zero-order valence-electron chi connectivity index (χ0n) is 13.0. The first-order valence-electron chi connectivity index (χ1n) is 7.47. The van der Waals surface area contributed by atoms with Gasteiger partial charge >= 0.3 is 6.03 Å². The fourth-order valence-electron chi connectivity index (χ4n) is 2.15. The van der Waals surface area contributed by atoms with Gasteiger partial charge in [-0.15, -0.1) is 0 Å². The number of nitrogens with zero attached hydrogens (tertiary/aromatic N) is 2. The molecule has 1 aromatic heterocycles. The molecule has 1 aromatic carbocycles. The molecule has 6 nitrogen and oxygen atoms in total. The molecule has 0 saturated carbocycles. The van der Waals surface area contributed by atoms with E-state index >= 15 is 0 Å². The van der Waals surface area contributed by atoms with Crippen molar-refractivity contribution >= 4 is 6.03 Å². The Balaban J connectivity index is 1.62. The lowest BCUT2D eigenvalue weighted by Crippen LogP contribution is -2.38. The number of aliphatic hydroxyl groups excluding tert-OH is 1. The van der Waals surface area contributed by atoms with Crippen LogP contribution in [0.5, 0.6) is 0 Å². The first-order valence-corrected chi connectivity index (χ1v) is 7.47. The molecule has 2 amide bonds. The Morgan fingerprint density at radius 3 is 2.74 bits per heavy atom. The van der Waals surface area contributed by atoms with Crippen LogP contribution in [0.2, 0.25) is 0 Å². The summed E-state index contributed by atoms with van der Waals surface area (Å²) >= 11 is 0. The van der Waals surface area contributed by atoms with Crippen LogP contribution < -0.4 is 10.6 Å². The normalized spacial score (nSPS) is 12.0. The fraction of sp³-hybridized carbons (Fsp3) is 0.375. The summed E-state index contributed by atoms with van der Waals surface area (Å²) in [6.45, 7) is 0.605. The van der Waals surface area contributed by atoms with Gasteiger partial charge in [-0.1, -0.05) is 12.1 Å². The molecule has 0 fully saturated rings. The van der Waals surface area contributed by atoms with E-state index in [-0.39, 0.29) is 18.4 Å². The van der Waals surface area contributed by atoms with Gasteiger partial charge in [-0.3, -0.25) is 4.68 Å². The second-order valence-electron chi connectivity index (χ2n) is 5.33. The van der Waals surface area contributed by atoms with Crippen molar-refractivity contribution in [3.05, 3.63) is 53.6 Å². The van der Waals surface area contributed by atoms with Crippen molar-refractivity contribution in [3.63, 3.8) is 0 Å². The quantitative estimate of drug-likeness (QED) is 0.677. The maximum absolute atomic E-state index is 12.8. The number of carbonyl (C=O) groups is 1. The molecule has 0 saturated heterocycles. The lowest BCUT2D eigenvalue weighted by atomic mass is 10.1. The average Bonchev–Trinajstić information content (AvgIpc) is 2.95. The maximum Gasteiger partial charge on any atom is 0.314 e. The van der Waals surface area contributed by atoms with E-state index < -0.39 is 6.10 Å². The number of rotatable bonds is 7. The minimum Gasteiger partial charge on any atom is -0.387 e. The number of benzene rings is 1. The molecule has 0 spiro atoms. The van der Waals surface area contributed by atoms with Crippen LogP contribution in [0.1, 0.15) is 23.7 Å². The average molecular weight is 320 g/mol. The van der Waals surface area contributed by atoms with E-state index in [1.807, 2.05) is 13.2 Å². The largest absolute Gasteiger partial charge is 0.387 e. The van der Waals surface area contributed by atoms with Gasteiger partial charge in [-0.05, 0) is 36.1 Å². The Hall–Kier alpha value is -2.41. The van der Waals surface area contributed by atoms with Crippen LogP contribution in [0, 0.1) is 5.82 Å². The molecule has 124 valence electrons. The van der Waals surface area contributed by atoms with Crippen molar-refractivity contribution in [1.82, 2.24) is 20.4 Å². The highest BCUT2D eigenvalue weighted by molar-refractivity contribution is 5.73. The monoisotopic (exact) mass is 320 g/mol. The van der Waals surface area contributed by atoms with Gasteiger partial charge in [0.15, 0.2) is 0 Å². The number of aromatic nitrogens is 2. The zero-order valence-corrected chi connectivity index (χ0v) is 13.0. The first kappa shape index (κ1) is 17.0. The lowest BCUT2D eigenvalue weighted by molar-refractivity contribution is 0.173. The smallest absolute Gasteiger partial charge is 0.314 e. The third-order valence-electron chi connectivity index (χ3n) is 3.40. The Morgan fingerprint density at radius 1 is 1.35 bits per heavy atom. The maximum atomic E-state index is 12.8. The van der Waals surface area contributed by atoms with Crippen LogP contribution in [0.4, 0.5) is 9.18 Å². The summed E-state index contributed by atoms with van der Waals surface area (Å²) in [5.74, 6) is -0.361. The Bertz CT molecular complexity index is 627. The van der Waals surface area contributed by atoms with E-state index in [2.05, 4.69) is 15.7 Å². The first-order chi connectivity index (χ1) is 11.0. The van der Waals surface area contributed by atoms with Crippen LogP contribution in [0.3, 0.4) is 0 Å². The summed E-state index contributed by atoms with van der Waals surface area (Å²) in [6.07, 6.45) is 4.53. The number of nitrogens with one attached hydrogen (secondary N) is 2. The number of hydrogen-bond donors (Lipinski definition) is 3. The predicted octanol–water partition coefficient (Wildman–Crippen LogP) is 1.52. The number of aryl methyl sites for hydroxylation is 2. The summed E-state index contributed by atoms with van der Waals surface area (Å²) < 4.78 is 14.5. The van der Waals surface area contributed by atoms with Gasteiger partial charge in [-0.25, -0.2) is 9.18 Å². The van der Waals surface area contributed by atoms with Crippen molar-refractivity contribution < 1.29 is 14.3 Å². The Morgan fingerprint density at radius 2 is 2.09 bits per heavy atom. The van der Waals surface area contributed by atoms with Crippen molar-refractivity contribution in [3.8, 4) is 0 Å². The van der Waals surface area contributed by atoms with Gasteiger partial charge < -0.3 is 15.7 Å². The predicted molar refractivity (Wildman–Crippen MR) is 84.3 cm³/mol. The number of urea groups is 1. The van der Waals surface area contributed by atoms with E-state index in [1.165, 1.54) is 24.3 Å². The van der Waals surface area contributed by atoms with E-state index in [0.717, 1.165) is 18.4 Å².